The molecule has 0 aliphatic rings. The van der Waals surface area contributed by atoms with Crippen molar-refractivity contribution in [2.24, 2.45) is 0 Å². The monoisotopic (exact) mass is 373 g/mol. The number of rotatable bonds is 5. The molecule has 0 spiro atoms. The summed E-state index contributed by atoms with van der Waals surface area (Å²) in [6.45, 7) is 1.62. The Hall–Kier alpha value is -1.62. The lowest BCUT2D eigenvalue weighted by Gasteiger charge is -2.17. The van der Waals surface area contributed by atoms with Gasteiger partial charge < -0.3 is 14.8 Å². The molecule has 0 aromatic heterocycles. The molecule has 2 aromatic carbocycles. The molecule has 0 saturated heterocycles. The summed E-state index contributed by atoms with van der Waals surface area (Å²) >= 11 is 17.8. The van der Waals surface area contributed by atoms with E-state index >= 15 is 0 Å². The highest BCUT2D eigenvalue weighted by molar-refractivity contribution is 6.44. The van der Waals surface area contributed by atoms with Crippen molar-refractivity contribution in [1.82, 2.24) is 0 Å². The molecule has 0 bridgehead atoms. The number of methoxy groups -OCH3 is 1. The first kappa shape index (κ1) is 17.7. The average molecular weight is 375 g/mol. The summed E-state index contributed by atoms with van der Waals surface area (Å²) in [5.74, 6) is 0.633. The van der Waals surface area contributed by atoms with Crippen LogP contribution in [0, 0.1) is 0 Å². The van der Waals surface area contributed by atoms with E-state index in [1.54, 1.807) is 25.1 Å². The Morgan fingerprint density at radius 2 is 1.65 bits per heavy atom. The molecule has 2 aromatic rings. The van der Waals surface area contributed by atoms with Gasteiger partial charge in [-0.25, -0.2) is 0 Å². The highest BCUT2D eigenvalue weighted by Gasteiger charge is 2.18. The maximum atomic E-state index is 12.3. The van der Waals surface area contributed by atoms with E-state index in [0.29, 0.717) is 27.2 Å². The Labute approximate surface area is 149 Å². The Balaban J connectivity index is 2.10. The van der Waals surface area contributed by atoms with Crippen molar-refractivity contribution in [2.75, 3.05) is 12.4 Å². The predicted octanol–water partition coefficient (Wildman–Crippen LogP) is 5.06. The van der Waals surface area contributed by atoms with Crippen molar-refractivity contribution >= 4 is 46.4 Å². The van der Waals surface area contributed by atoms with Crippen LogP contribution in [0.1, 0.15) is 6.92 Å². The molecule has 23 heavy (non-hydrogen) atoms. The van der Waals surface area contributed by atoms with Gasteiger partial charge in [-0.1, -0.05) is 46.9 Å². The van der Waals surface area contributed by atoms with E-state index in [4.69, 9.17) is 44.3 Å². The summed E-state index contributed by atoms with van der Waals surface area (Å²) in [5, 5.41) is 3.55. The van der Waals surface area contributed by atoms with Gasteiger partial charge in [0.2, 0.25) is 0 Å². The molecule has 1 atom stereocenters. The summed E-state index contributed by atoms with van der Waals surface area (Å²) in [6.07, 6.45) is -0.767. The van der Waals surface area contributed by atoms with Crippen molar-refractivity contribution in [1.29, 1.82) is 0 Å². The van der Waals surface area contributed by atoms with E-state index < -0.39 is 6.10 Å². The Bertz CT molecular complexity index is 722. The maximum absolute atomic E-state index is 12.3. The molecule has 0 aliphatic carbocycles. The number of halogens is 3. The molecule has 1 amide bonds. The third kappa shape index (κ3) is 4.44. The van der Waals surface area contributed by atoms with Gasteiger partial charge in [-0.2, -0.15) is 0 Å². The molecule has 0 aliphatic heterocycles. The van der Waals surface area contributed by atoms with Crippen LogP contribution < -0.4 is 14.8 Å². The molecule has 2 rings (SSSR count). The lowest BCUT2D eigenvalue weighted by molar-refractivity contribution is -0.122. The van der Waals surface area contributed by atoms with Gasteiger partial charge in [0.15, 0.2) is 17.6 Å². The lowest BCUT2D eigenvalue weighted by atomic mass is 10.2. The number of carbonyl (C=O) groups excluding carboxylic acids is 1. The van der Waals surface area contributed by atoms with Crippen LogP contribution >= 0.6 is 34.8 Å². The maximum Gasteiger partial charge on any atom is 0.265 e. The van der Waals surface area contributed by atoms with Gasteiger partial charge >= 0.3 is 0 Å². The molecule has 0 saturated carbocycles. The van der Waals surface area contributed by atoms with Crippen molar-refractivity contribution in [3.05, 3.63) is 51.5 Å². The number of ether oxygens (including phenoxy) is 2. The van der Waals surface area contributed by atoms with Crippen molar-refractivity contribution in [3.63, 3.8) is 0 Å². The fraction of sp³-hybridized carbons (Fsp3) is 0.188. The molecular weight excluding hydrogens is 361 g/mol. The Morgan fingerprint density at radius 3 is 2.30 bits per heavy atom. The number of amides is 1. The molecular formula is C16H14Cl3NO3. The van der Waals surface area contributed by atoms with Crippen molar-refractivity contribution in [3.8, 4) is 11.5 Å². The minimum absolute atomic E-state index is 0.289. The highest BCUT2D eigenvalue weighted by atomic mass is 35.5. The normalized spacial score (nSPS) is 11.7. The molecule has 0 fully saturated rings. The number of hydrogen-bond acceptors (Lipinski definition) is 3. The summed E-state index contributed by atoms with van der Waals surface area (Å²) < 4.78 is 10.8. The molecule has 4 nitrogen and oxygen atoms in total. The summed E-state index contributed by atoms with van der Waals surface area (Å²) in [4.78, 5) is 12.3. The van der Waals surface area contributed by atoms with Crippen LogP contribution in [-0.2, 0) is 4.79 Å². The van der Waals surface area contributed by atoms with Crippen LogP contribution in [0.2, 0.25) is 15.1 Å². The minimum atomic E-state index is -0.767. The zero-order valence-corrected chi connectivity index (χ0v) is 14.7. The van der Waals surface area contributed by atoms with Crippen LogP contribution in [0.25, 0.3) is 0 Å². The highest BCUT2D eigenvalue weighted by Crippen LogP contribution is 2.32. The Kier molecular flexibility index (Phi) is 5.99. The van der Waals surface area contributed by atoms with Crippen LogP contribution in [0.5, 0.6) is 11.5 Å². The summed E-state index contributed by atoms with van der Waals surface area (Å²) in [5.41, 5.74) is 0.363. The smallest absolute Gasteiger partial charge is 0.265 e. The van der Waals surface area contributed by atoms with Crippen molar-refractivity contribution in [2.45, 2.75) is 13.0 Å². The van der Waals surface area contributed by atoms with Crippen LogP contribution in [-0.4, -0.2) is 19.1 Å². The van der Waals surface area contributed by atoms with E-state index in [2.05, 4.69) is 5.32 Å². The second kappa shape index (κ2) is 7.77. The van der Waals surface area contributed by atoms with Gasteiger partial charge in [0.1, 0.15) is 0 Å². The third-order valence-electron chi connectivity index (χ3n) is 3.01. The fourth-order valence-electron chi connectivity index (χ4n) is 1.81. The molecule has 0 heterocycles. The number of carbonyl (C=O) groups is 1. The summed E-state index contributed by atoms with van der Waals surface area (Å²) in [7, 11) is 1.53. The number of hydrogen-bond donors (Lipinski definition) is 1. The number of benzene rings is 2. The first-order valence-corrected chi connectivity index (χ1v) is 7.81. The van der Waals surface area contributed by atoms with E-state index in [9.17, 15) is 4.79 Å². The van der Waals surface area contributed by atoms with Gasteiger partial charge in [-0.15, -0.1) is 0 Å². The van der Waals surface area contributed by atoms with Crippen LogP contribution in [0.3, 0.4) is 0 Å². The second-order valence-electron chi connectivity index (χ2n) is 4.65. The lowest BCUT2D eigenvalue weighted by Crippen LogP contribution is -2.30. The average Bonchev–Trinajstić information content (AvgIpc) is 2.53. The van der Waals surface area contributed by atoms with Gasteiger partial charge in [0, 0.05) is 0 Å². The first-order valence-electron chi connectivity index (χ1n) is 6.67. The third-order valence-corrected chi connectivity index (χ3v) is 4.04. The van der Waals surface area contributed by atoms with E-state index in [1.165, 1.54) is 19.2 Å². The predicted molar refractivity (Wildman–Crippen MR) is 93.2 cm³/mol. The SMILES string of the molecule is COc1ccccc1OC(C)C(=O)Nc1cc(Cl)c(Cl)cc1Cl. The minimum Gasteiger partial charge on any atom is -0.493 e. The number of nitrogens with one attached hydrogen (secondary N) is 1. The van der Waals surface area contributed by atoms with Crippen LogP contribution in [0.4, 0.5) is 5.69 Å². The second-order valence-corrected chi connectivity index (χ2v) is 5.87. The summed E-state index contributed by atoms with van der Waals surface area (Å²) in [6, 6.07) is 10.0. The number of anilines is 1. The topological polar surface area (TPSA) is 47.6 Å². The quantitative estimate of drug-likeness (QED) is 0.744. The van der Waals surface area contributed by atoms with Gasteiger partial charge in [0.05, 0.1) is 27.9 Å². The zero-order valence-electron chi connectivity index (χ0n) is 12.4. The Morgan fingerprint density at radius 1 is 1.04 bits per heavy atom. The van der Waals surface area contributed by atoms with Crippen LogP contribution in [0.15, 0.2) is 36.4 Å². The van der Waals surface area contributed by atoms with E-state index in [0.717, 1.165) is 0 Å². The zero-order chi connectivity index (χ0) is 17.0. The largest absolute Gasteiger partial charge is 0.493 e. The molecule has 7 heteroatoms. The number of para-hydroxylation sites is 2. The van der Waals surface area contributed by atoms with E-state index in [-0.39, 0.29) is 10.9 Å². The van der Waals surface area contributed by atoms with Gasteiger partial charge in [-0.3, -0.25) is 4.79 Å². The molecule has 122 valence electrons. The van der Waals surface area contributed by atoms with Gasteiger partial charge in [-0.05, 0) is 31.2 Å². The van der Waals surface area contributed by atoms with Gasteiger partial charge in [0.25, 0.3) is 5.91 Å². The standard InChI is InChI=1S/C16H14Cl3NO3/c1-9(23-15-6-4-3-5-14(15)22-2)16(21)20-13-8-11(18)10(17)7-12(13)19/h3-9H,1-2H3,(H,20,21). The molecule has 0 radical (unpaired) electrons. The first-order chi connectivity index (χ1) is 10.9. The van der Waals surface area contributed by atoms with Crippen molar-refractivity contribution < 1.29 is 14.3 Å². The molecule has 1 N–H and O–H groups in total. The fourth-order valence-corrected chi connectivity index (χ4v) is 2.41. The molecule has 1 unspecified atom stereocenters. The van der Waals surface area contributed by atoms with E-state index in [1.807, 2.05) is 6.07 Å².